The normalized spacial score (nSPS) is 11.4. The highest BCUT2D eigenvalue weighted by Crippen LogP contribution is 2.29. The Kier molecular flexibility index (Phi) is 5.65. The fourth-order valence-electron chi connectivity index (χ4n) is 1.44. The standard InChI is InChI=1S/C12H15F3N2OS/c1-3-17(4-2)11(18)8-19-10-6-5-9(7-16-10)12(13,14)15/h5-7H,3-4,8H2,1-2H3. The van der Waals surface area contributed by atoms with Crippen LogP contribution in [-0.4, -0.2) is 34.6 Å². The summed E-state index contributed by atoms with van der Waals surface area (Å²) in [5.74, 6) is 0.136. The lowest BCUT2D eigenvalue weighted by Crippen LogP contribution is -2.31. The van der Waals surface area contributed by atoms with Crippen LogP contribution < -0.4 is 0 Å². The van der Waals surface area contributed by atoms with Crippen molar-refractivity contribution < 1.29 is 18.0 Å². The Morgan fingerprint density at radius 3 is 2.37 bits per heavy atom. The van der Waals surface area contributed by atoms with Gasteiger partial charge in [0.05, 0.1) is 16.3 Å². The van der Waals surface area contributed by atoms with Crippen LogP contribution in [0.3, 0.4) is 0 Å². The maximum absolute atomic E-state index is 12.3. The van der Waals surface area contributed by atoms with Crippen LogP contribution in [0, 0.1) is 0 Å². The zero-order valence-corrected chi connectivity index (χ0v) is 11.5. The maximum atomic E-state index is 12.3. The van der Waals surface area contributed by atoms with Gasteiger partial charge in [-0.15, -0.1) is 0 Å². The number of carbonyl (C=O) groups excluding carboxylic acids is 1. The van der Waals surface area contributed by atoms with Gasteiger partial charge in [0.1, 0.15) is 0 Å². The zero-order valence-electron chi connectivity index (χ0n) is 10.7. The van der Waals surface area contributed by atoms with Gasteiger partial charge in [0.15, 0.2) is 0 Å². The van der Waals surface area contributed by atoms with Gasteiger partial charge >= 0.3 is 6.18 Å². The van der Waals surface area contributed by atoms with Crippen LogP contribution in [0.25, 0.3) is 0 Å². The molecule has 7 heteroatoms. The number of hydrogen-bond donors (Lipinski definition) is 0. The molecule has 0 saturated carbocycles. The Morgan fingerprint density at radius 2 is 1.95 bits per heavy atom. The highest BCUT2D eigenvalue weighted by atomic mass is 32.2. The zero-order chi connectivity index (χ0) is 14.5. The van der Waals surface area contributed by atoms with E-state index in [4.69, 9.17) is 0 Å². The molecule has 1 aromatic heterocycles. The van der Waals surface area contributed by atoms with Crippen molar-refractivity contribution in [2.24, 2.45) is 0 Å². The molecule has 1 aromatic rings. The summed E-state index contributed by atoms with van der Waals surface area (Å²) in [4.78, 5) is 17.1. The molecule has 0 atom stereocenters. The fraction of sp³-hybridized carbons (Fsp3) is 0.500. The second-order valence-electron chi connectivity index (χ2n) is 3.74. The van der Waals surface area contributed by atoms with Crippen molar-refractivity contribution in [1.29, 1.82) is 0 Å². The third kappa shape index (κ3) is 4.74. The van der Waals surface area contributed by atoms with Crippen LogP contribution in [0.5, 0.6) is 0 Å². The summed E-state index contributed by atoms with van der Waals surface area (Å²) in [5.41, 5.74) is -0.785. The molecule has 0 aliphatic carbocycles. The maximum Gasteiger partial charge on any atom is 0.417 e. The van der Waals surface area contributed by atoms with Crippen LogP contribution >= 0.6 is 11.8 Å². The summed E-state index contributed by atoms with van der Waals surface area (Å²) in [6.45, 7) is 5.00. The number of alkyl halides is 3. The predicted molar refractivity (Wildman–Crippen MR) is 67.9 cm³/mol. The Bertz CT molecular complexity index is 416. The van der Waals surface area contributed by atoms with E-state index >= 15 is 0 Å². The Hall–Kier alpha value is -1.24. The van der Waals surface area contributed by atoms with Gasteiger partial charge in [-0.3, -0.25) is 4.79 Å². The van der Waals surface area contributed by atoms with Crippen LogP contribution in [0.1, 0.15) is 19.4 Å². The summed E-state index contributed by atoms with van der Waals surface area (Å²) in [7, 11) is 0. The molecule has 0 radical (unpaired) electrons. The summed E-state index contributed by atoms with van der Waals surface area (Å²) < 4.78 is 37.0. The van der Waals surface area contributed by atoms with Gasteiger partial charge < -0.3 is 4.90 Å². The molecule has 1 heterocycles. The van der Waals surface area contributed by atoms with Crippen LogP contribution in [-0.2, 0) is 11.0 Å². The van der Waals surface area contributed by atoms with E-state index < -0.39 is 11.7 Å². The van der Waals surface area contributed by atoms with Crippen LogP contribution in [0.15, 0.2) is 23.4 Å². The number of amides is 1. The molecule has 1 rings (SSSR count). The topological polar surface area (TPSA) is 33.2 Å². The molecule has 0 aliphatic heterocycles. The first-order valence-corrected chi connectivity index (χ1v) is 6.80. The average molecular weight is 292 g/mol. The van der Waals surface area contributed by atoms with Gasteiger partial charge in [-0.25, -0.2) is 4.98 Å². The molecule has 1 amide bonds. The SMILES string of the molecule is CCN(CC)C(=O)CSc1ccc(C(F)(F)F)cn1. The highest BCUT2D eigenvalue weighted by molar-refractivity contribution is 7.99. The second kappa shape index (κ2) is 6.79. The lowest BCUT2D eigenvalue weighted by molar-refractivity contribution is -0.138. The molecule has 0 bridgehead atoms. The number of halogens is 3. The Morgan fingerprint density at radius 1 is 1.32 bits per heavy atom. The molecule has 0 saturated heterocycles. The van der Waals surface area contributed by atoms with Gasteiger partial charge in [-0.1, -0.05) is 11.8 Å². The number of pyridine rings is 1. The largest absolute Gasteiger partial charge is 0.417 e. The summed E-state index contributed by atoms with van der Waals surface area (Å²) >= 11 is 1.14. The smallest absolute Gasteiger partial charge is 0.343 e. The van der Waals surface area contributed by atoms with Gasteiger partial charge in [-0.05, 0) is 26.0 Å². The van der Waals surface area contributed by atoms with E-state index in [-0.39, 0.29) is 11.7 Å². The minimum absolute atomic E-state index is 0.0447. The number of aromatic nitrogens is 1. The highest BCUT2D eigenvalue weighted by Gasteiger charge is 2.30. The van der Waals surface area contributed by atoms with Crippen LogP contribution in [0.4, 0.5) is 13.2 Å². The molecule has 106 valence electrons. The lowest BCUT2D eigenvalue weighted by atomic mass is 10.3. The Labute approximate surface area is 114 Å². The number of nitrogens with zero attached hydrogens (tertiary/aromatic N) is 2. The van der Waals surface area contributed by atoms with Crippen molar-refractivity contribution in [2.45, 2.75) is 25.0 Å². The van der Waals surface area contributed by atoms with Gasteiger partial charge in [-0.2, -0.15) is 13.2 Å². The number of rotatable bonds is 5. The average Bonchev–Trinajstić information content (AvgIpc) is 2.37. The monoisotopic (exact) mass is 292 g/mol. The molecule has 0 spiro atoms. The number of thioether (sulfide) groups is 1. The van der Waals surface area contributed by atoms with Crippen molar-refractivity contribution in [1.82, 2.24) is 9.88 Å². The van der Waals surface area contributed by atoms with Crippen molar-refractivity contribution in [3.05, 3.63) is 23.9 Å². The molecular formula is C12H15F3N2OS. The van der Waals surface area contributed by atoms with Gasteiger partial charge in [0.25, 0.3) is 0 Å². The third-order valence-corrected chi connectivity index (χ3v) is 3.45. The minimum Gasteiger partial charge on any atom is -0.343 e. The third-order valence-electron chi connectivity index (χ3n) is 2.52. The van der Waals surface area contributed by atoms with E-state index in [1.807, 2.05) is 13.8 Å². The molecular weight excluding hydrogens is 277 g/mol. The molecule has 0 aliphatic rings. The number of carbonyl (C=O) groups is 1. The van der Waals surface area contributed by atoms with E-state index in [0.717, 1.165) is 24.0 Å². The quantitative estimate of drug-likeness (QED) is 0.782. The van der Waals surface area contributed by atoms with Crippen molar-refractivity contribution in [3.8, 4) is 0 Å². The number of hydrogen-bond acceptors (Lipinski definition) is 3. The molecule has 0 unspecified atom stereocenters. The van der Waals surface area contributed by atoms with Crippen molar-refractivity contribution in [3.63, 3.8) is 0 Å². The van der Waals surface area contributed by atoms with Gasteiger partial charge in [0.2, 0.25) is 5.91 Å². The molecule has 0 N–H and O–H groups in total. The van der Waals surface area contributed by atoms with E-state index in [1.54, 1.807) is 4.90 Å². The van der Waals surface area contributed by atoms with E-state index in [2.05, 4.69) is 4.98 Å². The summed E-state index contributed by atoms with van der Waals surface area (Å²) in [6.07, 6.45) is -3.60. The Balaban J connectivity index is 2.57. The first-order valence-electron chi connectivity index (χ1n) is 5.82. The molecule has 19 heavy (non-hydrogen) atoms. The van der Waals surface area contributed by atoms with E-state index in [9.17, 15) is 18.0 Å². The first kappa shape index (κ1) is 15.8. The summed E-state index contributed by atoms with van der Waals surface area (Å²) in [6, 6.07) is 2.25. The fourth-order valence-corrected chi connectivity index (χ4v) is 2.18. The molecule has 3 nitrogen and oxygen atoms in total. The molecule has 0 aromatic carbocycles. The van der Waals surface area contributed by atoms with E-state index in [1.165, 1.54) is 6.07 Å². The van der Waals surface area contributed by atoms with Crippen molar-refractivity contribution in [2.75, 3.05) is 18.8 Å². The lowest BCUT2D eigenvalue weighted by Gasteiger charge is -2.18. The van der Waals surface area contributed by atoms with Crippen molar-refractivity contribution >= 4 is 17.7 Å². The second-order valence-corrected chi connectivity index (χ2v) is 4.73. The minimum atomic E-state index is -4.38. The molecule has 0 fully saturated rings. The predicted octanol–water partition coefficient (Wildman–Crippen LogP) is 3.06. The van der Waals surface area contributed by atoms with Crippen LogP contribution in [0.2, 0.25) is 0 Å². The van der Waals surface area contributed by atoms with Gasteiger partial charge in [0, 0.05) is 19.3 Å². The first-order chi connectivity index (χ1) is 8.88. The van der Waals surface area contributed by atoms with E-state index in [0.29, 0.717) is 18.1 Å². The summed E-state index contributed by atoms with van der Waals surface area (Å²) in [5, 5.41) is 0.411.